The zero-order valence-electron chi connectivity index (χ0n) is 12.3. The van der Waals surface area contributed by atoms with E-state index in [4.69, 9.17) is 5.73 Å². The Kier molecular flexibility index (Phi) is 4.63. The molecule has 0 saturated carbocycles. The molecule has 1 aliphatic heterocycles. The van der Waals surface area contributed by atoms with Crippen LogP contribution in [0.2, 0.25) is 0 Å². The van der Waals surface area contributed by atoms with Crippen molar-refractivity contribution in [3.8, 4) is 0 Å². The first kappa shape index (κ1) is 15.7. The first-order chi connectivity index (χ1) is 10.6. The minimum atomic E-state index is -3.40. The summed E-state index contributed by atoms with van der Waals surface area (Å²) in [5.74, 6) is 0.277. The Bertz CT molecular complexity index is 726. The van der Waals surface area contributed by atoms with Crippen LogP contribution in [0.1, 0.15) is 29.2 Å². The summed E-state index contributed by atoms with van der Waals surface area (Å²) in [7, 11) is -3.40. The maximum Gasteiger partial charge on any atom is 0.252 e. The largest absolute Gasteiger partial charge is 0.326 e. The van der Waals surface area contributed by atoms with E-state index in [0.29, 0.717) is 23.8 Å². The molecule has 6 heteroatoms. The number of nitrogens with two attached hydrogens (primary N) is 1. The predicted octanol–water partition coefficient (Wildman–Crippen LogP) is 2.78. The van der Waals surface area contributed by atoms with Gasteiger partial charge in [-0.3, -0.25) is 0 Å². The van der Waals surface area contributed by atoms with Gasteiger partial charge in [-0.2, -0.15) is 4.31 Å². The highest BCUT2D eigenvalue weighted by atomic mass is 32.2. The van der Waals surface area contributed by atoms with Crippen molar-refractivity contribution in [2.24, 2.45) is 5.73 Å². The van der Waals surface area contributed by atoms with Crippen LogP contribution >= 0.6 is 11.3 Å². The van der Waals surface area contributed by atoms with Crippen molar-refractivity contribution in [2.75, 3.05) is 13.1 Å². The van der Waals surface area contributed by atoms with Crippen molar-refractivity contribution in [3.63, 3.8) is 0 Å². The maximum absolute atomic E-state index is 12.8. The lowest BCUT2D eigenvalue weighted by molar-refractivity contribution is 0.316. The quantitative estimate of drug-likeness (QED) is 0.934. The molecule has 4 nitrogen and oxygen atoms in total. The number of hydrogen-bond acceptors (Lipinski definition) is 4. The van der Waals surface area contributed by atoms with Gasteiger partial charge in [-0.25, -0.2) is 8.42 Å². The van der Waals surface area contributed by atoms with E-state index in [1.165, 1.54) is 16.9 Å². The number of nitrogens with zero attached hydrogens (tertiary/aromatic N) is 1. The molecule has 0 amide bonds. The fourth-order valence-corrected chi connectivity index (χ4v) is 5.80. The molecule has 0 spiro atoms. The van der Waals surface area contributed by atoms with Crippen LogP contribution < -0.4 is 5.73 Å². The number of benzene rings is 1. The van der Waals surface area contributed by atoms with Crippen molar-refractivity contribution in [2.45, 2.75) is 29.5 Å². The van der Waals surface area contributed by atoms with E-state index >= 15 is 0 Å². The summed E-state index contributed by atoms with van der Waals surface area (Å²) >= 11 is 1.28. The van der Waals surface area contributed by atoms with Crippen LogP contribution in [0.5, 0.6) is 0 Å². The molecule has 1 aliphatic rings. The summed E-state index contributed by atoms with van der Waals surface area (Å²) in [6, 6.07) is 13.6. The average Bonchev–Trinajstić information content (AvgIpc) is 3.06. The van der Waals surface area contributed by atoms with Gasteiger partial charge >= 0.3 is 0 Å². The van der Waals surface area contributed by atoms with Gasteiger partial charge < -0.3 is 5.73 Å². The Balaban J connectivity index is 1.82. The van der Waals surface area contributed by atoms with Gasteiger partial charge in [0.05, 0.1) is 0 Å². The molecule has 1 aromatic heterocycles. The molecule has 118 valence electrons. The van der Waals surface area contributed by atoms with Crippen LogP contribution in [0.4, 0.5) is 0 Å². The van der Waals surface area contributed by atoms with Gasteiger partial charge in [0.25, 0.3) is 10.0 Å². The molecule has 1 atom stereocenters. The van der Waals surface area contributed by atoms with Crippen molar-refractivity contribution < 1.29 is 8.42 Å². The standard InChI is InChI=1S/C16H20N2O2S2/c17-11-15-8-9-16(21-15)22(19,20)18-10-4-7-14(12-18)13-5-2-1-3-6-13/h1-3,5-6,8-9,14H,4,7,10-12,17H2/t14-/m1/s1. The van der Waals surface area contributed by atoms with Crippen molar-refractivity contribution >= 4 is 21.4 Å². The maximum atomic E-state index is 12.8. The molecular formula is C16H20N2O2S2. The Morgan fingerprint density at radius 3 is 2.64 bits per heavy atom. The van der Waals surface area contributed by atoms with E-state index in [-0.39, 0.29) is 5.92 Å². The molecule has 0 bridgehead atoms. The summed E-state index contributed by atoms with van der Waals surface area (Å²) in [5, 5.41) is 0. The van der Waals surface area contributed by atoms with Crippen LogP contribution in [0.15, 0.2) is 46.7 Å². The number of hydrogen-bond donors (Lipinski definition) is 1. The third-order valence-corrected chi connectivity index (χ3v) is 7.53. The highest BCUT2D eigenvalue weighted by molar-refractivity contribution is 7.91. The lowest BCUT2D eigenvalue weighted by atomic mass is 9.92. The highest BCUT2D eigenvalue weighted by Gasteiger charge is 2.31. The Labute approximate surface area is 135 Å². The van der Waals surface area contributed by atoms with Crippen LogP contribution in [0.3, 0.4) is 0 Å². The Hall–Kier alpha value is -1.21. The smallest absolute Gasteiger partial charge is 0.252 e. The van der Waals surface area contributed by atoms with Crippen LogP contribution in [0.25, 0.3) is 0 Å². The molecule has 2 heterocycles. The summed E-state index contributed by atoms with van der Waals surface area (Å²) in [5.41, 5.74) is 6.80. The van der Waals surface area contributed by atoms with E-state index in [1.54, 1.807) is 16.4 Å². The molecule has 3 rings (SSSR count). The third kappa shape index (κ3) is 3.10. The Morgan fingerprint density at radius 1 is 1.18 bits per heavy atom. The molecule has 1 fully saturated rings. The van der Waals surface area contributed by atoms with E-state index in [1.807, 2.05) is 18.2 Å². The second kappa shape index (κ2) is 6.50. The minimum Gasteiger partial charge on any atom is -0.326 e. The van der Waals surface area contributed by atoms with Gasteiger partial charge in [-0.15, -0.1) is 11.3 Å². The average molecular weight is 336 g/mol. The molecular weight excluding hydrogens is 316 g/mol. The fraction of sp³-hybridized carbons (Fsp3) is 0.375. The fourth-order valence-electron chi connectivity index (χ4n) is 2.89. The van der Waals surface area contributed by atoms with Crippen LogP contribution in [-0.2, 0) is 16.6 Å². The van der Waals surface area contributed by atoms with Crippen molar-refractivity contribution in [1.29, 1.82) is 0 Å². The van der Waals surface area contributed by atoms with Crippen molar-refractivity contribution in [1.82, 2.24) is 4.31 Å². The zero-order valence-corrected chi connectivity index (χ0v) is 13.9. The molecule has 2 aromatic rings. The Morgan fingerprint density at radius 2 is 1.95 bits per heavy atom. The van der Waals surface area contributed by atoms with Gasteiger partial charge in [-0.05, 0) is 36.5 Å². The molecule has 1 saturated heterocycles. The first-order valence-electron chi connectivity index (χ1n) is 7.45. The molecule has 0 aliphatic carbocycles. The summed E-state index contributed by atoms with van der Waals surface area (Å²) in [6.07, 6.45) is 1.93. The summed E-state index contributed by atoms with van der Waals surface area (Å²) in [4.78, 5) is 0.898. The highest BCUT2D eigenvalue weighted by Crippen LogP contribution is 2.32. The SMILES string of the molecule is NCc1ccc(S(=O)(=O)N2CCC[C@@H](c3ccccc3)C2)s1. The number of sulfonamides is 1. The first-order valence-corrected chi connectivity index (χ1v) is 9.71. The van der Waals surface area contributed by atoms with E-state index in [2.05, 4.69) is 12.1 Å². The lowest BCUT2D eigenvalue weighted by Gasteiger charge is -2.31. The normalized spacial score (nSPS) is 20.1. The van der Waals surface area contributed by atoms with Gasteiger partial charge in [0.15, 0.2) is 0 Å². The van der Waals surface area contributed by atoms with Crippen LogP contribution in [0, 0.1) is 0 Å². The van der Waals surface area contributed by atoms with Gasteiger partial charge in [0, 0.05) is 24.5 Å². The summed E-state index contributed by atoms with van der Waals surface area (Å²) < 4.78 is 27.6. The van der Waals surface area contributed by atoms with E-state index in [0.717, 1.165) is 17.7 Å². The molecule has 0 unspecified atom stereocenters. The number of thiophene rings is 1. The van der Waals surface area contributed by atoms with E-state index < -0.39 is 10.0 Å². The topological polar surface area (TPSA) is 63.4 Å². The molecule has 0 radical (unpaired) electrons. The lowest BCUT2D eigenvalue weighted by Crippen LogP contribution is -2.38. The van der Waals surface area contributed by atoms with Crippen LogP contribution in [-0.4, -0.2) is 25.8 Å². The minimum absolute atomic E-state index is 0.277. The van der Waals surface area contributed by atoms with E-state index in [9.17, 15) is 8.42 Å². The number of piperidine rings is 1. The van der Waals surface area contributed by atoms with Crippen molar-refractivity contribution in [3.05, 3.63) is 52.9 Å². The van der Waals surface area contributed by atoms with Gasteiger partial charge in [0.2, 0.25) is 0 Å². The molecule has 22 heavy (non-hydrogen) atoms. The molecule has 1 aromatic carbocycles. The number of rotatable bonds is 4. The third-order valence-electron chi connectivity index (χ3n) is 4.09. The second-order valence-corrected chi connectivity index (χ2v) is 8.87. The predicted molar refractivity (Wildman–Crippen MR) is 89.4 cm³/mol. The second-order valence-electron chi connectivity index (χ2n) is 5.54. The summed E-state index contributed by atoms with van der Waals surface area (Å²) in [6.45, 7) is 1.54. The van der Waals surface area contributed by atoms with Gasteiger partial charge in [-0.1, -0.05) is 30.3 Å². The molecule has 2 N–H and O–H groups in total. The monoisotopic (exact) mass is 336 g/mol. The zero-order chi connectivity index (χ0) is 15.6. The van der Waals surface area contributed by atoms with Gasteiger partial charge in [0.1, 0.15) is 4.21 Å².